The lowest BCUT2D eigenvalue weighted by molar-refractivity contribution is -0.142. The second-order valence-electron chi connectivity index (χ2n) is 5.02. The van der Waals surface area contributed by atoms with E-state index in [4.69, 9.17) is 15.1 Å². The first-order valence-corrected chi connectivity index (χ1v) is 8.15. The number of carboxylic acids is 1. The molecule has 7 nitrogen and oxygen atoms in total. The molecule has 8 heteroatoms. The van der Waals surface area contributed by atoms with Gasteiger partial charge in [-0.25, -0.2) is 8.42 Å². The Labute approximate surface area is 128 Å². The summed E-state index contributed by atoms with van der Waals surface area (Å²) >= 11 is 0. The summed E-state index contributed by atoms with van der Waals surface area (Å²) in [5.41, 5.74) is 0.290. The largest absolute Gasteiger partial charge is 0.495 e. The summed E-state index contributed by atoms with van der Waals surface area (Å²) in [6, 6.07) is 5.98. The molecule has 1 fully saturated rings. The molecule has 2 rings (SSSR count). The topological polar surface area (TPSA) is 108 Å². The van der Waals surface area contributed by atoms with E-state index in [9.17, 15) is 13.2 Å². The summed E-state index contributed by atoms with van der Waals surface area (Å²) in [7, 11) is -2.54. The van der Waals surface area contributed by atoms with E-state index in [1.165, 1.54) is 29.6 Å². The van der Waals surface area contributed by atoms with Gasteiger partial charge < -0.3 is 9.84 Å². The number of hydrogen-bond donors (Lipinski definition) is 1. The highest BCUT2D eigenvalue weighted by atomic mass is 32.2. The van der Waals surface area contributed by atoms with Gasteiger partial charge in [0.2, 0.25) is 10.0 Å². The van der Waals surface area contributed by atoms with Crippen LogP contribution >= 0.6 is 0 Å². The average molecular weight is 324 g/mol. The van der Waals surface area contributed by atoms with E-state index in [1.807, 2.05) is 6.07 Å². The molecule has 0 saturated carbocycles. The van der Waals surface area contributed by atoms with Gasteiger partial charge in [-0.15, -0.1) is 0 Å². The number of hydrogen-bond acceptors (Lipinski definition) is 5. The maximum absolute atomic E-state index is 12.7. The van der Waals surface area contributed by atoms with E-state index in [0.717, 1.165) is 0 Å². The number of methoxy groups -OCH3 is 1. The van der Waals surface area contributed by atoms with Gasteiger partial charge in [-0.3, -0.25) is 4.79 Å². The number of rotatable bonds is 4. The van der Waals surface area contributed by atoms with E-state index in [0.29, 0.717) is 12.8 Å². The number of piperidine rings is 1. The molecule has 0 unspecified atom stereocenters. The number of nitriles is 1. The van der Waals surface area contributed by atoms with E-state index >= 15 is 0 Å². The van der Waals surface area contributed by atoms with Gasteiger partial charge in [-0.2, -0.15) is 9.57 Å². The highest BCUT2D eigenvalue weighted by molar-refractivity contribution is 7.89. The molecule has 0 aliphatic carbocycles. The molecule has 0 aromatic heterocycles. The molecular weight excluding hydrogens is 308 g/mol. The molecule has 1 atom stereocenters. The number of aliphatic carboxylic acids is 1. The fraction of sp³-hybridized carbons (Fsp3) is 0.429. The zero-order valence-corrected chi connectivity index (χ0v) is 12.8. The second-order valence-corrected chi connectivity index (χ2v) is 6.92. The Balaban J connectivity index is 2.38. The smallest absolute Gasteiger partial charge is 0.307 e. The first-order valence-electron chi connectivity index (χ1n) is 6.71. The van der Waals surface area contributed by atoms with Crippen molar-refractivity contribution in [3.8, 4) is 11.8 Å². The van der Waals surface area contributed by atoms with Crippen molar-refractivity contribution in [2.45, 2.75) is 17.7 Å². The minimum absolute atomic E-state index is 0.0547. The SMILES string of the molecule is COc1cc(C#N)ccc1S(=O)(=O)N1CCC[C@@H](C(=O)O)C1. The average Bonchev–Trinajstić information content (AvgIpc) is 2.54. The van der Waals surface area contributed by atoms with Crippen LogP contribution in [0.2, 0.25) is 0 Å². The molecule has 1 aromatic carbocycles. The van der Waals surface area contributed by atoms with Crippen molar-refractivity contribution >= 4 is 16.0 Å². The predicted molar refractivity (Wildman–Crippen MR) is 76.8 cm³/mol. The first kappa shape index (κ1) is 16.3. The van der Waals surface area contributed by atoms with Crippen molar-refractivity contribution in [3.05, 3.63) is 23.8 Å². The molecule has 0 radical (unpaired) electrons. The Kier molecular flexibility index (Phi) is 4.68. The summed E-state index contributed by atoms with van der Waals surface area (Å²) in [5, 5.41) is 17.9. The van der Waals surface area contributed by atoms with Crippen LogP contribution in [0.5, 0.6) is 5.75 Å². The molecule has 1 aromatic rings. The van der Waals surface area contributed by atoms with Crippen molar-refractivity contribution in [2.75, 3.05) is 20.2 Å². The van der Waals surface area contributed by atoms with Crippen LogP contribution in [0.1, 0.15) is 18.4 Å². The van der Waals surface area contributed by atoms with Crippen molar-refractivity contribution < 1.29 is 23.1 Å². The van der Waals surface area contributed by atoms with Crippen molar-refractivity contribution in [1.82, 2.24) is 4.31 Å². The summed E-state index contributed by atoms with van der Waals surface area (Å²) < 4.78 is 31.6. The van der Waals surface area contributed by atoms with E-state index in [1.54, 1.807) is 0 Å². The fourth-order valence-corrected chi connectivity index (χ4v) is 4.11. The third kappa shape index (κ3) is 3.05. The molecule has 1 aliphatic heterocycles. The molecule has 1 saturated heterocycles. The number of ether oxygens (including phenoxy) is 1. The second kappa shape index (κ2) is 6.34. The Morgan fingerprint density at radius 2 is 2.23 bits per heavy atom. The Morgan fingerprint density at radius 3 is 2.82 bits per heavy atom. The van der Waals surface area contributed by atoms with Crippen LogP contribution in [0, 0.1) is 17.2 Å². The Morgan fingerprint density at radius 1 is 1.50 bits per heavy atom. The Hall–Kier alpha value is -2.11. The van der Waals surface area contributed by atoms with Gasteiger partial charge >= 0.3 is 5.97 Å². The quantitative estimate of drug-likeness (QED) is 0.887. The molecule has 1 N–H and O–H groups in total. The minimum atomic E-state index is -3.86. The monoisotopic (exact) mass is 324 g/mol. The number of carbonyl (C=O) groups is 1. The third-order valence-electron chi connectivity index (χ3n) is 3.64. The molecule has 1 heterocycles. The van der Waals surface area contributed by atoms with E-state index in [2.05, 4.69) is 0 Å². The van der Waals surface area contributed by atoms with Crippen molar-refractivity contribution in [1.29, 1.82) is 5.26 Å². The Bertz CT molecular complexity index is 723. The summed E-state index contributed by atoms with van der Waals surface area (Å²) in [5.74, 6) is -1.61. The molecule has 22 heavy (non-hydrogen) atoms. The fourth-order valence-electron chi connectivity index (χ4n) is 2.45. The van der Waals surface area contributed by atoms with Crippen LogP contribution in [0.15, 0.2) is 23.1 Å². The molecule has 0 amide bonds. The zero-order chi connectivity index (χ0) is 16.3. The van der Waals surface area contributed by atoms with E-state index < -0.39 is 21.9 Å². The van der Waals surface area contributed by atoms with Crippen LogP contribution in [0.3, 0.4) is 0 Å². The van der Waals surface area contributed by atoms with Gasteiger partial charge in [0.1, 0.15) is 10.6 Å². The lowest BCUT2D eigenvalue weighted by Crippen LogP contribution is -2.42. The minimum Gasteiger partial charge on any atom is -0.495 e. The summed E-state index contributed by atoms with van der Waals surface area (Å²) in [6.07, 6.45) is 0.959. The van der Waals surface area contributed by atoms with Gasteiger partial charge in [-0.05, 0) is 31.0 Å². The lowest BCUT2D eigenvalue weighted by Gasteiger charge is -2.30. The maximum Gasteiger partial charge on any atom is 0.307 e. The molecule has 1 aliphatic rings. The molecule has 0 bridgehead atoms. The normalized spacial score (nSPS) is 19.4. The predicted octanol–water partition coefficient (Wildman–Crippen LogP) is 1.05. The number of carboxylic acid groups (broad SMARTS) is 1. The van der Waals surface area contributed by atoms with Crippen molar-refractivity contribution in [3.63, 3.8) is 0 Å². The van der Waals surface area contributed by atoms with E-state index in [-0.39, 0.29) is 29.3 Å². The first-order chi connectivity index (χ1) is 10.4. The van der Waals surface area contributed by atoms with Gasteiger partial charge in [0, 0.05) is 13.1 Å². The third-order valence-corrected chi connectivity index (χ3v) is 5.55. The lowest BCUT2D eigenvalue weighted by atomic mass is 10.0. The van der Waals surface area contributed by atoms with Crippen LogP contribution in [-0.2, 0) is 14.8 Å². The zero-order valence-electron chi connectivity index (χ0n) is 12.0. The van der Waals surface area contributed by atoms with Crippen molar-refractivity contribution in [2.24, 2.45) is 5.92 Å². The standard InChI is InChI=1S/C14H16N2O5S/c1-21-12-7-10(8-15)4-5-13(12)22(19,20)16-6-2-3-11(9-16)14(17)18/h4-5,7,11H,2-3,6,9H2,1H3,(H,17,18)/t11-/m1/s1. The van der Waals surface area contributed by atoms with Gasteiger partial charge in [0.05, 0.1) is 24.7 Å². The number of benzene rings is 1. The van der Waals surface area contributed by atoms with Gasteiger partial charge in [0.15, 0.2) is 0 Å². The van der Waals surface area contributed by atoms with Crippen LogP contribution in [-0.4, -0.2) is 44.0 Å². The molecule has 0 spiro atoms. The van der Waals surface area contributed by atoms with Crippen LogP contribution < -0.4 is 4.74 Å². The summed E-state index contributed by atoms with van der Waals surface area (Å²) in [6.45, 7) is 0.218. The van der Waals surface area contributed by atoms with Crippen LogP contribution in [0.4, 0.5) is 0 Å². The maximum atomic E-state index is 12.7. The van der Waals surface area contributed by atoms with Gasteiger partial charge in [0.25, 0.3) is 0 Å². The highest BCUT2D eigenvalue weighted by Crippen LogP contribution is 2.30. The molecule has 118 valence electrons. The van der Waals surface area contributed by atoms with Crippen LogP contribution in [0.25, 0.3) is 0 Å². The number of sulfonamides is 1. The number of nitrogens with zero attached hydrogens (tertiary/aromatic N) is 2. The highest BCUT2D eigenvalue weighted by Gasteiger charge is 2.34. The summed E-state index contributed by atoms with van der Waals surface area (Å²) in [4.78, 5) is 11.0. The molecular formula is C14H16N2O5S. The van der Waals surface area contributed by atoms with Gasteiger partial charge in [-0.1, -0.05) is 0 Å².